The first kappa shape index (κ1) is 11.9. The molecule has 0 spiro atoms. The average Bonchev–Trinajstić information content (AvgIpc) is 2.40. The zero-order valence-electron chi connectivity index (χ0n) is 9.12. The van der Waals surface area contributed by atoms with E-state index in [9.17, 15) is 18.3 Å². The van der Waals surface area contributed by atoms with Gasteiger partial charge in [-0.3, -0.25) is 4.79 Å². The fraction of sp³-hybridized carbons (Fsp3) is 0.300. The van der Waals surface area contributed by atoms with Crippen LogP contribution in [0, 0.1) is 0 Å². The molecule has 0 aliphatic carbocycles. The molecule has 17 heavy (non-hydrogen) atoms. The molecule has 1 aliphatic rings. The number of sulfonamides is 1. The second-order valence-corrected chi connectivity index (χ2v) is 5.78. The summed E-state index contributed by atoms with van der Waals surface area (Å²) in [7, 11) is -3.87. The lowest BCUT2D eigenvalue weighted by atomic mass is 10.2. The van der Waals surface area contributed by atoms with Gasteiger partial charge in [-0.2, -0.15) is 0 Å². The lowest BCUT2D eigenvalue weighted by molar-refractivity contribution is 0.0809. The van der Waals surface area contributed by atoms with E-state index in [2.05, 4.69) is 0 Å². The van der Waals surface area contributed by atoms with Gasteiger partial charge in [0.15, 0.2) is 0 Å². The molecule has 0 saturated carbocycles. The van der Waals surface area contributed by atoms with Gasteiger partial charge in [0.1, 0.15) is 4.90 Å². The van der Waals surface area contributed by atoms with Crippen LogP contribution in [0.1, 0.15) is 17.3 Å². The van der Waals surface area contributed by atoms with Crippen molar-refractivity contribution in [3.8, 4) is 0 Å². The highest BCUT2D eigenvalue weighted by molar-refractivity contribution is 7.90. The summed E-state index contributed by atoms with van der Waals surface area (Å²) in [5, 5.41) is 9.21. The summed E-state index contributed by atoms with van der Waals surface area (Å²) in [6.07, 6.45) is -0.916. The Balaban J connectivity index is 2.57. The molecule has 1 aromatic rings. The lowest BCUT2D eigenvalue weighted by Crippen LogP contribution is -2.35. The number of nitrogens with two attached hydrogens (primary N) is 1. The van der Waals surface area contributed by atoms with Crippen LogP contribution in [0.15, 0.2) is 23.1 Å². The van der Waals surface area contributed by atoms with Crippen molar-refractivity contribution in [3.05, 3.63) is 23.8 Å². The van der Waals surface area contributed by atoms with Gasteiger partial charge in [-0.15, -0.1) is 0 Å². The van der Waals surface area contributed by atoms with Crippen LogP contribution in [-0.4, -0.2) is 36.4 Å². The third-order valence-corrected chi connectivity index (χ3v) is 4.25. The van der Waals surface area contributed by atoms with Crippen molar-refractivity contribution >= 4 is 21.6 Å². The molecule has 1 aliphatic heterocycles. The number of carbonyl (C=O) groups is 1. The maximum absolute atomic E-state index is 12.0. The van der Waals surface area contributed by atoms with Gasteiger partial charge in [0.05, 0.1) is 18.2 Å². The average molecular weight is 256 g/mol. The molecule has 92 valence electrons. The van der Waals surface area contributed by atoms with E-state index in [1.165, 1.54) is 25.1 Å². The number of amides is 1. The third-order valence-electron chi connectivity index (χ3n) is 2.46. The zero-order valence-corrected chi connectivity index (χ0v) is 9.94. The number of rotatable bonds is 2. The molecule has 3 N–H and O–H groups in total. The van der Waals surface area contributed by atoms with Crippen LogP contribution < -0.4 is 5.73 Å². The van der Waals surface area contributed by atoms with Crippen molar-refractivity contribution in [2.45, 2.75) is 17.9 Å². The first-order chi connectivity index (χ1) is 7.84. The second-order valence-electron chi connectivity index (χ2n) is 3.95. The van der Waals surface area contributed by atoms with E-state index in [1.807, 2.05) is 0 Å². The number of carbonyl (C=O) groups excluding carboxylic acids is 1. The topological polar surface area (TPSA) is 101 Å². The highest BCUT2D eigenvalue weighted by Crippen LogP contribution is 2.31. The fourth-order valence-electron chi connectivity index (χ4n) is 1.71. The fourth-order valence-corrected chi connectivity index (χ4v) is 3.40. The minimum Gasteiger partial charge on any atom is -0.399 e. The van der Waals surface area contributed by atoms with Gasteiger partial charge in [0.2, 0.25) is 0 Å². The van der Waals surface area contributed by atoms with E-state index in [0.717, 1.165) is 0 Å². The SMILES string of the molecule is CC(O)CN1C(=O)c2ccc(N)cc2S1(=O)=O. The van der Waals surface area contributed by atoms with Gasteiger partial charge in [-0.25, -0.2) is 12.7 Å². The van der Waals surface area contributed by atoms with Crippen LogP contribution >= 0.6 is 0 Å². The van der Waals surface area contributed by atoms with Gasteiger partial charge in [-0.1, -0.05) is 0 Å². The van der Waals surface area contributed by atoms with Crippen molar-refractivity contribution < 1.29 is 18.3 Å². The molecule has 1 amide bonds. The Hall–Kier alpha value is -1.60. The highest BCUT2D eigenvalue weighted by atomic mass is 32.2. The quantitative estimate of drug-likeness (QED) is 0.713. The smallest absolute Gasteiger partial charge is 0.269 e. The summed E-state index contributed by atoms with van der Waals surface area (Å²) in [5.41, 5.74) is 5.87. The van der Waals surface area contributed by atoms with Crippen LogP contribution in [0.3, 0.4) is 0 Å². The summed E-state index contributed by atoms with van der Waals surface area (Å²) in [5.74, 6) is -0.624. The molecular weight excluding hydrogens is 244 g/mol. The van der Waals surface area contributed by atoms with Crippen molar-refractivity contribution in [2.24, 2.45) is 0 Å². The number of hydrogen-bond donors (Lipinski definition) is 2. The minimum atomic E-state index is -3.87. The summed E-state index contributed by atoms with van der Waals surface area (Å²) in [6, 6.07) is 4.11. The van der Waals surface area contributed by atoms with Crippen molar-refractivity contribution in [3.63, 3.8) is 0 Å². The molecule has 2 rings (SSSR count). The second kappa shape index (κ2) is 3.71. The molecule has 1 heterocycles. The van der Waals surface area contributed by atoms with Gasteiger partial charge in [0.25, 0.3) is 15.9 Å². The first-order valence-electron chi connectivity index (χ1n) is 4.98. The molecule has 0 radical (unpaired) electrons. The van der Waals surface area contributed by atoms with Crippen LogP contribution in [0.5, 0.6) is 0 Å². The van der Waals surface area contributed by atoms with E-state index >= 15 is 0 Å². The Morgan fingerprint density at radius 1 is 1.47 bits per heavy atom. The number of benzene rings is 1. The van der Waals surface area contributed by atoms with Crippen molar-refractivity contribution in [2.75, 3.05) is 12.3 Å². The molecule has 7 heteroatoms. The Kier molecular flexibility index (Phi) is 2.59. The van der Waals surface area contributed by atoms with Crippen LogP contribution in [0.2, 0.25) is 0 Å². The monoisotopic (exact) mass is 256 g/mol. The van der Waals surface area contributed by atoms with Crippen LogP contribution in [0.25, 0.3) is 0 Å². The molecular formula is C10H12N2O4S. The Morgan fingerprint density at radius 2 is 2.12 bits per heavy atom. The third kappa shape index (κ3) is 1.77. The number of fused-ring (bicyclic) bond motifs is 1. The largest absolute Gasteiger partial charge is 0.399 e. The van der Waals surface area contributed by atoms with Gasteiger partial charge >= 0.3 is 0 Å². The Labute approximate surface area is 98.7 Å². The maximum atomic E-state index is 12.0. The highest BCUT2D eigenvalue weighted by Gasteiger charge is 2.41. The van der Waals surface area contributed by atoms with E-state index in [0.29, 0.717) is 4.31 Å². The van der Waals surface area contributed by atoms with Crippen molar-refractivity contribution in [1.29, 1.82) is 0 Å². The standard InChI is InChI=1S/C10H12N2O4S/c1-6(13)5-12-10(14)8-3-2-7(11)4-9(8)17(12,15)16/h2-4,6,13H,5,11H2,1H3. The first-order valence-corrected chi connectivity index (χ1v) is 6.42. The van der Waals surface area contributed by atoms with Gasteiger partial charge in [-0.05, 0) is 25.1 Å². The van der Waals surface area contributed by atoms with E-state index < -0.39 is 22.0 Å². The van der Waals surface area contributed by atoms with Gasteiger partial charge < -0.3 is 10.8 Å². The summed E-state index contributed by atoms with van der Waals surface area (Å²) in [4.78, 5) is 11.8. The number of aliphatic hydroxyl groups is 1. The normalized spacial score (nSPS) is 19.2. The predicted octanol–water partition coefficient (Wildman–Crippen LogP) is -0.206. The molecule has 0 saturated heterocycles. The molecule has 0 fully saturated rings. The molecule has 0 bridgehead atoms. The summed E-state index contributed by atoms with van der Waals surface area (Å²) in [6.45, 7) is 1.16. The Morgan fingerprint density at radius 3 is 2.71 bits per heavy atom. The molecule has 0 aromatic heterocycles. The van der Waals surface area contributed by atoms with Crippen molar-refractivity contribution in [1.82, 2.24) is 4.31 Å². The minimum absolute atomic E-state index is 0.0943. The molecule has 1 unspecified atom stereocenters. The lowest BCUT2D eigenvalue weighted by Gasteiger charge is -2.16. The molecule has 6 nitrogen and oxygen atoms in total. The number of anilines is 1. The zero-order chi connectivity index (χ0) is 12.8. The number of β-amino-alcohol motifs (C(OH)–C–C–N with tert-alkyl or cyclic N) is 1. The van der Waals surface area contributed by atoms with Crippen LogP contribution in [0.4, 0.5) is 5.69 Å². The summed E-state index contributed by atoms with van der Waals surface area (Å²) < 4.78 is 24.7. The van der Waals surface area contributed by atoms with E-state index in [1.54, 1.807) is 0 Å². The maximum Gasteiger partial charge on any atom is 0.269 e. The number of aliphatic hydroxyl groups excluding tert-OH is 1. The molecule has 1 aromatic carbocycles. The predicted molar refractivity (Wildman–Crippen MR) is 60.8 cm³/mol. The van der Waals surface area contributed by atoms with E-state index in [4.69, 9.17) is 5.73 Å². The van der Waals surface area contributed by atoms with Crippen LogP contribution in [-0.2, 0) is 10.0 Å². The van der Waals surface area contributed by atoms with Gasteiger partial charge in [0, 0.05) is 5.69 Å². The van der Waals surface area contributed by atoms with E-state index in [-0.39, 0.29) is 22.7 Å². The number of hydrogen-bond acceptors (Lipinski definition) is 5. The Bertz CT molecular complexity index is 580. The summed E-state index contributed by atoms with van der Waals surface area (Å²) >= 11 is 0. The number of nitrogen functional groups attached to an aromatic ring is 1. The molecule has 1 atom stereocenters. The number of nitrogens with zero attached hydrogens (tertiary/aromatic N) is 1.